The van der Waals surface area contributed by atoms with Crippen molar-refractivity contribution in [1.82, 2.24) is 4.72 Å². The van der Waals surface area contributed by atoms with Gasteiger partial charge in [-0.3, -0.25) is 4.79 Å². The van der Waals surface area contributed by atoms with Gasteiger partial charge < -0.3 is 4.90 Å². The number of rotatable bonds is 7. The number of hydrogen-bond donors (Lipinski definition) is 1. The molecule has 0 radical (unpaired) electrons. The predicted molar refractivity (Wildman–Crippen MR) is 114 cm³/mol. The van der Waals surface area contributed by atoms with E-state index in [0.29, 0.717) is 24.4 Å². The number of hydrogen-bond acceptors (Lipinski definition) is 3. The second kappa shape index (κ2) is 8.90. The highest BCUT2D eigenvalue weighted by Gasteiger charge is 2.23. The van der Waals surface area contributed by atoms with Crippen molar-refractivity contribution in [2.75, 3.05) is 11.4 Å². The van der Waals surface area contributed by atoms with Crippen molar-refractivity contribution in [3.63, 3.8) is 0 Å². The monoisotopic (exact) mass is 418 g/mol. The van der Waals surface area contributed by atoms with E-state index in [1.165, 1.54) is 6.08 Å². The van der Waals surface area contributed by atoms with Crippen LogP contribution in [0.1, 0.15) is 36.5 Å². The highest BCUT2D eigenvalue weighted by atomic mass is 35.5. The van der Waals surface area contributed by atoms with E-state index in [1.807, 2.05) is 30.0 Å². The van der Waals surface area contributed by atoms with Crippen molar-refractivity contribution in [1.29, 1.82) is 0 Å². The molecule has 0 saturated heterocycles. The van der Waals surface area contributed by atoms with Crippen LogP contribution in [-0.4, -0.2) is 20.9 Å². The Kier molecular flexibility index (Phi) is 6.54. The number of aryl methyl sites for hydroxylation is 1. The Balaban J connectivity index is 1.67. The van der Waals surface area contributed by atoms with E-state index in [4.69, 9.17) is 11.6 Å². The van der Waals surface area contributed by atoms with Gasteiger partial charge in [-0.1, -0.05) is 42.8 Å². The third-order valence-electron chi connectivity index (χ3n) is 4.58. The summed E-state index contributed by atoms with van der Waals surface area (Å²) in [6.07, 6.45) is 3.60. The lowest BCUT2D eigenvalue weighted by Crippen LogP contribution is -2.35. The molecule has 1 aliphatic rings. The van der Waals surface area contributed by atoms with Crippen molar-refractivity contribution in [3.05, 3.63) is 69.6 Å². The van der Waals surface area contributed by atoms with Gasteiger partial charge in [0.15, 0.2) is 0 Å². The van der Waals surface area contributed by atoms with Crippen LogP contribution in [0.4, 0.5) is 5.69 Å². The third kappa shape index (κ3) is 5.22. The number of benzene rings is 2. The highest BCUT2D eigenvalue weighted by Crippen LogP contribution is 2.29. The quantitative estimate of drug-likeness (QED) is 0.735. The van der Waals surface area contributed by atoms with Crippen LogP contribution in [0.2, 0.25) is 5.02 Å². The molecule has 1 N–H and O–H groups in total. The number of fused-ring (bicyclic) bond motifs is 1. The summed E-state index contributed by atoms with van der Waals surface area (Å²) in [4.78, 5) is 13.9. The predicted octanol–water partition coefficient (Wildman–Crippen LogP) is 4.12. The first kappa shape index (κ1) is 20.6. The lowest BCUT2D eigenvalue weighted by Gasteiger charge is -2.29. The van der Waals surface area contributed by atoms with Gasteiger partial charge >= 0.3 is 0 Å². The molecule has 0 saturated carbocycles. The molecular formula is C21H23ClN2O3S. The second-order valence-corrected chi connectivity index (χ2v) is 8.82. The van der Waals surface area contributed by atoms with Crippen molar-refractivity contribution in [3.8, 4) is 0 Å². The van der Waals surface area contributed by atoms with Crippen LogP contribution in [0, 0.1) is 0 Å². The van der Waals surface area contributed by atoms with Crippen LogP contribution in [0.25, 0.3) is 6.08 Å². The van der Waals surface area contributed by atoms with E-state index >= 15 is 0 Å². The molecule has 2 aromatic carbocycles. The number of nitrogens with one attached hydrogen (secondary N) is 1. The Morgan fingerprint density at radius 2 is 1.89 bits per heavy atom. The zero-order chi connectivity index (χ0) is 20.1. The lowest BCUT2D eigenvalue weighted by molar-refractivity contribution is -0.118. The summed E-state index contributed by atoms with van der Waals surface area (Å²) in [5.41, 5.74) is 3.64. The minimum absolute atomic E-state index is 0.148. The average molecular weight is 419 g/mol. The summed E-state index contributed by atoms with van der Waals surface area (Å²) >= 11 is 5.83. The van der Waals surface area contributed by atoms with Gasteiger partial charge in [-0.15, -0.1) is 0 Å². The van der Waals surface area contributed by atoms with Crippen molar-refractivity contribution in [2.45, 2.75) is 32.7 Å². The molecule has 1 aliphatic heterocycles. The first-order valence-electron chi connectivity index (χ1n) is 9.23. The summed E-state index contributed by atoms with van der Waals surface area (Å²) in [6.45, 7) is 2.94. The first-order chi connectivity index (χ1) is 13.4. The van der Waals surface area contributed by atoms with Gasteiger partial charge in [0.1, 0.15) is 0 Å². The fraction of sp³-hybridized carbons (Fsp3) is 0.286. The van der Waals surface area contributed by atoms with Crippen molar-refractivity contribution >= 4 is 39.3 Å². The number of carbonyl (C=O) groups is 1. The molecule has 148 valence electrons. The zero-order valence-corrected chi connectivity index (χ0v) is 17.3. The van der Waals surface area contributed by atoms with E-state index < -0.39 is 10.0 Å². The van der Waals surface area contributed by atoms with Crippen molar-refractivity contribution in [2.24, 2.45) is 0 Å². The minimum atomic E-state index is -3.57. The smallest absolute Gasteiger partial charge is 0.234 e. The maximum Gasteiger partial charge on any atom is 0.234 e. The Morgan fingerprint density at radius 1 is 1.14 bits per heavy atom. The molecule has 1 amide bonds. The van der Waals surface area contributed by atoms with Gasteiger partial charge in [-0.25, -0.2) is 13.1 Å². The molecule has 3 rings (SSSR count). The molecule has 0 spiro atoms. The highest BCUT2D eigenvalue weighted by molar-refractivity contribution is 7.92. The van der Waals surface area contributed by atoms with E-state index in [0.717, 1.165) is 34.2 Å². The summed E-state index contributed by atoms with van der Waals surface area (Å²) in [6, 6.07) is 12.7. The Bertz CT molecular complexity index is 985. The Morgan fingerprint density at radius 3 is 2.61 bits per heavy atom. The second-order valence-electron chi connectivity index (χ2n) is 6.73. The minimum Gasteiger partial charge on any atom is -0.312 e. The van der Waals surface area contributed by atoms with E-state index in [1.54, 1.807) is 24.3 Å². The molecule has 0 unspecified atom stereocenters. The van der Waals surface area contributed by atoms with Gasteiger partial charge in [-0.2, -0.15) is 0 Å². The average Bonchev–Trinajstić information content (AvgIpc) is 2.68. The molecule has 0 atom stereocenters. The number of nitrogens with zero attached hydrogens (tertiary/aromatic N) is 1. The summed E-state index contributed by atoms with van der Waals surface area (Å²) < 4.78 is 27.1. The van der Waals surface area contributed by atoms with Crippen molar-refractivity contribution < 1.29 is 13.2 Å². The van der Waals surface area contributed by atoms with E-state index in [-0.39, 0.29) is 12.5 Å². The van der Waals surface area contributed by atoms with Gasteiger partial charge in [0, 0.05) is 35.6 Å². The molecule has 28 heavy (non-hydrogen) atoms. The van der Waals surface area contributed by atoms with E-state index in [2.05, 4.69) is 4.72 Å². The molecule has 1 heterocycles. The SMILES string of the molecule is CCCN1C(=O)CCc2cc(CNS(=O)(=O)C=Cc3ccc(Cl)cc3)ccc21. The fourth-order valence-corrected chi connectivity index (χ4v) is 4.09. The first-order valence-corrected chi connectivity index (χ1v) is 11.2. The van der Waals surface area contributed by atoms with Crippen LogP contribution >= 0.6 is 11.6 Å². The molecular weight excluding hydrogens is 396 g/mol. The molecule has 7 heteroatoms. The molecule has 2 aromatic rings. The number of sulfonamides is 1. The van der Waals surface area contributed by atoms with Crippen LogP contribution in [-0.2, 0) is 27.8 Å². The fourth-order valence-electron chi connectivity index (χ4n) is 3.17. The summed E-state index contributed by atoms with van der Waals surface area (Å²) in [5.74, 6) is 0.148. The molecule has 5 nitrogen and oxygen atoms in total. The topological polar surface area (TPSA) is 66.5 Å². The maximum atomic E-state index is 12.2. The number of carbonyl (C=O) groups excluding carboxylic acids is 1. The largest absolute Gasteiger partial charge is 0.312 e. The van der Waals surface area contributed by atoms with Gasteiger partial charge in [0.05, 0.1) is 0 Å². The van der Waals surface area contributed by atoms with Crippen LogP contribution in [0.15, 0.2) is 47.9 Å². The molecule has 0 aromatic heterocycles. The Labute approximate surface area is 171 Å². The normalized spacial score (nSPS) is 14.5. The number of halogens is 1. The molecule has 0 bridgehead atoms. The van der Waals surface area contributed by atoms with Crippen LogP contribution in [0.5, 0.6) is 0 Å². The summed E-state index contributed by atoms with van der Waals surface area (Å²) in [7, 11) is -3.57. The number of anilines is 1. The van der Waals surface area contributed by atoms with Crippen LogP contribution in [0.3, 0.4) is 0 Å². The molecule has 0 aliphatic carbocycles. The Hall–Kier alpha value is -2.15. The lowest BCUT2D eigenvalue weighted by atomic mass is 9.98. The van der Waals surface area contributed by atoms with Gasteiger partial charge in [0.25, 0.3) is 0 Å². The van der Waals surface area contributed by atoms with E-state index in [9.17, 15) is 13.2 Å². The maximum absolute atomic E-state index is 12.2. The zero-order valence-electron chi connectivity index (χ0n) is 15.7. The van der Waals surface area contributed by atoms with Crippen LogP contribution < -0.4 is 9.62 Å². The van der Waals surface area contributed by atoms with Gasteiger partial charge in [-0.05, 0) is 53.8 Å². The number of amides is 1. The summed E-state index contributed by atoms with van der Waals surface area (Å²) in [5, 5.41) is 1.75. The van der Waals surface area contributed by atoms with Gasteiger partial charge in [0.2, 0.25) is 15.9 Å². The standard InChI is InChI=1S/C21H23ClN2O3S/c1-2-12-24-20-9-5-17(14-18(20)6-10-21(24)25)15-23-28(26,27)13-11-16-3-7-19(22)8-4-16/h3-5,7-9,11,13-14,23H,2,6,10,12,15H2,1H3. The molecule has 0 fully saturated rings. The third-order valence-corrected chi connectivity index (χ3v) is 5.87.